The molecule has 3 aromatic rings. The lowest BCUT2D eigenvalue weighted by molar-refractivity contribution is 0.0359. The van der Waals surface area contributed by atoms with E-state index in [9.17, 15) is 9.18 Å². The molecule has 8 heteroatoms. The average molecular weight is 434 g/mol. The van der Waals surface area contributed by atoms with Crippen molar-refractivity contribution < 1.29 is 9.13 Å². The standard InChI is InChI=1S/C21H21ClFN3O2S/c22-17-5-3-6-18(23)16(17)14-29-21-24-19-7-2-1-4-15(19)20(27)26(21)9-8-25-10-12-28-13-11-25/h1-7H,8-14H2. The van der Waals surface area contributed by atoms with E-state index in [0.717, 1.165) is 19.6 Å². The van der Waals surface area contributed by atoms with Crippen LogP contribution >= 0.6 is 23.4 Å². The highest BCUT2D eigenvalue weighted by atomic mass is 35.5. The summed E-state index contributed by atoms with van der Waals surface area (Å²) in [6.07, 6.45) is 0. The van der Waals surface area contributed by atoms with Crippen LogP contribution < -0.4 is 5.56 Å². The van der Waals surface area contributed by atoms with Crippen LogP contribution in [0.3, 0.4) is 0 Å². The fraction of sp³-hybridized carbons (Fsp3) is 0.333. The third-order valence-corrected chi connectivity index (χ3v) is 6.33. The number of rotatable bonds is 6. The van der Waals surface area contributed by atoms with Gasteiger partial charge in [-0.15, -0.1) is 0 Å². The maximum Gasteiger partial charge on any atom is 0.262 e. The van der Waals surface area contributed by atoms with Gasteiger partial charge in [0, 0.05) is 42.5 Å². The number of hydrogen-bond donors (Lipinski definition) is 0. The number of benzene rings is 2. The van der Waals surface area contributed by atoms with Gasteiger partial charge in [0.05, 0.1) is 24.1 Å². The molecule has 0 N–H and O–H groups in total. The number of morpholine rings is 1. The van der Waals surface area contributed by atoms with E-state index in [0.29, 0.717) is 52.2 Å². The fourth-order valence-corrected chi connectivity index (χ4v) is 4.70. The first-order valence-electron chi connectivity index (χ1n) is 9.49. The zero-order valence-electron chi connectivity index (χ0n) is 15.8. The Labute approximate surface area is 177 Å². The molecule has 2 aromatic carbocycles. The number of hydrogen-bond acceptors (Lipinski definition) is 5. The van der Waals surface area contributed by atoms with Gasteiger partial charge in [0.1, 0.15) is 5.82 Å². The van der Waals surface area contributed by atoms with Gasteiger partial charge >= 0.3 is 0 Å². The lowest BCUT2D eigenvalue weighted by Gasteiger charge is -2.27. The van der Waals surface area contributed by atoms with Crippen molar-refractivity contribution in [3.63, 3.8) is 0 Å². The highest BCUT2D eigenvalue weighted by Gasteiger charge is 2.16. The number of fused-ring (bicyclic) bond motifs is 1. The molecule has 0 saturated carbocycles. The first kappa shape index (κ1) is 20.3. The average Bonchev–Trinajstić information content (AvgIpc) is 2.74. The minimum Gasteiger partial charge on any atom is -0.379 e. The van der Waals surface area contributed by atoms with Gasteiger partial charge in [-0.1, -0.05) is 41.6 Å². The largest absolute Gasteiger partial charge is 0.379 e. The Balaban J connectivity index is 1.64. The third kappa shape index (κ3) is 4.64. The molecule has 0 spiro atoms. The van der Waals surface area contributed by atoms with Crippen LogP contribution in [0.5, 0.6) is 0 Å². The van der Waals surface area contributed by atoms with Crippen LogP contribution in [0.4, 0.5) is 4.39 Å². The molecule has 1 aromatic heterocycles. The molecule has 4 rings (SSSR count). The summed E-state index contributed by atoms with van der Waals surface area (Å²) in [4.78, 5) is 20.1. The predicted molar refractivity (Wildman–Crippen MR) is 114 cm³/mol. The second-order valence-corrected chi connectivity index (χ2v) is 8.16. The zero-order chi connectivity index (χ0) is 20.2. The van der Waals surface area contributed by atoms with E-state index in [1.807, 2.05) is 18.2 Å². The Morgan fingerprint density at radius 1 is 1.10 bits per heavy atom. The minimum atomic E-state index is -0.354. The van der Waals surface area contributed by atoms with Crippen molar-refractivity contribution in [2.75, 3.05) is 32.8 Å². The third-order valence-electron chi connectivity index (χ3n) is 4.98. The summed E-state index contributed by atoms with van der Waals surface area (Å²) >= 11 is 7.49. The lowest BCUT2D eigenvalue weighted by atomic mass is 10.2. The topological polar surface area (TPSA) is 47.4 Å². The SMILES string of the molecule is O=c1c2ccccc2nc(SCc2c(F)cccc2Cl)n1CCN1CCOCC1. The molecule has 0 radical (unpaired) electrons. The number of ether oxygens (including phenoxy) is 1. The molecule has 1 aliphatic heterocycles. The van der Waals surface area contributed by atoms with Crippen molar-refractivity contribution in [1.29, 1.82) is 0 Å². The van der Waals surface area contributed by atoms with Gasteiger partial charge in [-0.25, -0.2) is 9.37 Å². The summed E-state index contributed by atoms with van der Waals surface area (Å²) in [5.41, 5.74) is 0.981. The molecule has 0 bridgehead atoms. The van der Waals surface area contributed by atoms with Gasteiger partial charge in [0.25, 0.3) is 5.56 Å². The van der Waals surface area contributed by atoms with Crippen molar-refractivity contribution in [1.82, 2.24) is 14.5 Å². The molecule has 2 heterocycles. The molecule has 152 valence electrons. The van der Waals surface area contributed by atoms with Crippen LogP contribution in [-0.4, -0.2) is 47.3 Å². The number of thioether (sulfide) groups is 1. The van der Waals surface area contributed by atoms with Crippen LogP contribution in [0.2, 0.25) is 5.02 Å². The molecule has 1 aliphatic rings. The van der Waals surface area contributed by atoms with Crippen LogP contribution in [0, 0.1) is 5.82 Å². The van der Waals surface area contributed by atoms with Crippen LogP contribution in [-0.2, 0) is 17.0 Å². The van der Waals surface area contributed by atoms with E-state index < -0.39 is 0 Å². The van der Waals surface area contributed by atoms with Crippen LogP contribution in [0.15, 0.2) is 52.4 Å². The Morgan fingerprint density at radius 3 is 2.69 bits per heavy atom. The van der Waals surface area contributed by atoms with Crippen molar-refractivity contribution >= 4 is 34.3 Å². The van der Waals surface area contributed by atoms with E-state index >= 15 is 0 Å². The Kier molecular flexibility index (Phi) is 6.50. The van der Waals surface area contributed by atoms with Gasteiger partial charge < -0.3 is 4.74 Å². The maximum absolute atomic E-state index is 14.2. The van der Waals surface area contributed by atoms with E-state index in [1.165, 1.54) is 17.8 Å². The van der Waals surface area contributed by atoms with E-state index in [-0.39, 0.29) is 11.4 Å². The number of halogens is 2. The Hall–Kier alpha value is -1.93. The monoisotopic (exact) mass is 433 g/mol. The highest BCUT2D eigenvalue weighted by Crippen LogP contribution is 2.28. The number of aromatic nitrogens is 2. The quantitative estimate of drug-likeness (QED) is 0.437. The van der Waals surface area contributed by atoms with Gasteiger partial charge in [-0.3, -0.25) is 14.3 Å². The van der Waals surface area contributed by atoms with Crippen molar-refractivity contribution in [2.24, 2.45) is 0 Å². The first-order valence-corrected chi connectivity index (χ1v) is 10.9. The smallest absolute Gasteiger partial charge is 0.262 e. The van der Waals surface area contributed by atoms with Gasteiger partial charge in [0.2, 0.25) is 0 Å². The number of nitrogens with zero attached hydrogens (tertiary/aromatic N) is 3. The summed E-state index contributed by atoms with van der Waals surface area (Å²) in [6, 6.07) is 11.9. The molecule has 5 nitrogen and oxygen atoms in total. The second-order valence-electron chi connectivity index (χ2n) is 6.81. The number of para-hydroxylation sites is 1. The van der Waals surface area contributed by atoms with Crippen molar-refractivity contribution in [3.8, 4) is 0 Å². The van der Waals surface area contributed by atoms with Crippen LogP contribution in [0.1, 0.15) is 5.56 Å². The summed E-state index contributed by atoms with van der Waals surface area (Å²) in [5, 5.41) is 1.53. The summed E-state index contributed by atoms with van der Waals surface area (Å²) < 4.78 is 21.3. The van der Waals surface area contributed by atoms with Gasteiger partial charge in [-0.05, 0) is 24.3 Å². The first-order chi connectivity index (χ1) is 14.1. The highest BCUT2D eigenvalue weighted by molar-refractivity contribution is 7.98. The normalized spacial score (nSPS) is 15.1. The molecule has 1 fully saturated rings. The van der Waals surface area contributed by atoms with E-state index in [1.54, 1.807) is 22.8 Å². The predicted octanol–water partition coefficient (Wildman–Crippen LogP) is 3.81. The summed E-state index contributed by atoms with van der Waals surface area (Å²) in [6.45, 7) is 4.37. The van der Waals surface area contributed by atoms with Crippen molar-refractivity contribution in [3.05, 3.63) is 69.2 Å². The zero-order valence-corrected chi connectivity index (χ0v) is 17.4. The lowest BCUT2D eigenvalue weighted by Crippen LogP contribution is -2.39. The molecular weight excluding hydrogens is 413 g/mol. The van der Waals surface area contributed by atoms with Gasteiger partial charge in [-0.2, -0.15) is 0 Å². The van der Waals surface area contributed by atoms with E-state index in [2.05, 4.69) is 4.90 Å². The molecule has 0 atom stereocenters. The molecular formula is C21H21ClFN3O2S. The minimum absolute atomic E-state index is 0.0778. The fourth-order valence-electron chi connectivity index (χ4n) is 3.33. The Morgan fingerprint density at radius 2 is 1.90 bits per heavy atom. The van der Waals surface area contributed by atoms with Crippen LogP contribution in [0.25, 0.3) is 10.9 Å². The maximum atomic E-state index is 14.2. The van der Waals surface area contributed by atoms with Crippen molar-refractivity contribution in [2.45, 2.75) is 17.5 Å². The summed E-state index contributed by atoms with van der Waals surface area (Å²) in [7, 11) is 0. The van der Waals surface area contributed by atoms with E-state index in [4.69, 9.17) is 21.3 Å². The molecule has 29 heavy (non-hydrogen) atoms. The summed E-state index contributed by atoms with van der Waals surface area (Å²) in [5.74, 6) is -0.0543. The molecule has 0 aliphatic carbocycles. The molecule has 1 saturated heterocycles. The Bertz CT molecular complexity index is 1050. The molecule has 0 unspecified atom stereocenters. The van der Waals surface area contributed by atoms with Gasteiger partial charge in [0.15, 0.2) is 5.16 Å². The molecule has 0 amide bonds. The second kappa shape index (κ2) is 9.26.